The van der Waals surface area contributed by atoms with Gasteiger partial charge >= 0.3 is 0 Å². The minimum atomic E-state index is 0.0440. The van der Waals surface area contributed by atoms with Crippen molar-refractivity contribution in [3.8, 4) is 0 Å². The van der Waals surface area contributed by atoms with E-state index in [0.29, 0.717) is 11.1 Å². The zero-order valence-electron chi connectivity index (χ0n) is 15.5. The largest absolute Gasteiger partial charge is 0.289 e. The first-order valence-corrected chi connectivity index (χ1v) is 9.33. The van der Waals surface area contributed by atoms with Gasteiger partial charge in [-0.3, -0.25) is 4.79 Å². The summed E-state index contributed by atoms with van der Waals surface area (Å²) < 4.78 is 0. The van der Waals surface area contributed by atoms with Crippen LogP contribution in [0.5, 0.6) is 0 Å². The number of carbonyl (C=O) groups is 1. The van der Waals surface area contributed by atoms with Gasteiger partial charge in [0.1, 0.15) is 0 Å². The van der Waals surface area contributed by atoms with E-state index in [4.69, 9.17) is 0 Å². The molecule has 0 saturated carbocycles. The van der Waals surface area contributed by atoms with Crippen molar-refractivity contribution < 1.29 is 4.79 Å². The highest BCUT2D eigenvalue weighted by Crippen LogP contribution is 2.26. The van der Waals surface area contributed by atoms with Crippen molar-refractivity contribution >= 4 is 17.4 Å². The van der Waals surface area contributed by atoms with E-state index in [9.17, 15) is 4.79 Å². The van der Waals surface area contributed by atoms with E-state index < -0.39 is 0 Å². The van der Waals surface area contributed by atoms with Gasteiger partial charge in [0.25, 0.3) is 0 Å². The maximum atomic E-state index is 12.6. The molecule has 4 aromatic rings. The summed E-state index contributed by atoms with van der Waals surface area (Å²) >= 11 is 0. The van der Waals surface area contributed by atoms with Crippen molar-refractivity contribution in [3.05, 3.63) is 143 Å². The molecule has 4 rings (SSSR count). The Balaban J connectivity index is 1.69. The maximum absolute atomic E-state index is 12.6. The number of rotatable bonds is 5. The molecule has 0 unspecified atom stereocenters. The maximum Gasteiger partial charge on any atom is 0.193 e. The number of hydrogen-bond donors (Lipinski definition) is 0. The van der Waals surface area contributed by atoms with E-state index in [1.54, 1.807) is 0 Å². The Bertz CT molecular complexity index is 1040. The standard InChI is InChI=1S/C27H20O/c28-27(24-14-8-3-9-15-24)25-18-16-21(17-19-25)20-26(22-10-4-1-5-11-22)23-12-6-2-7-13-23/h1-20H. The van der Waals surface area contributed by atoms with Gasteiger partial charge in [0.2, 0.25) is 0 Å². The first-order valence-electron chi connectivity index (χ1n) is 9.33. The highest BCUT2D eigenvalue weighted by molar-refractivity contribution is 6.09. The molecule has 0 atom stereocenters. The molecule has 0 saturated heterocycles. The lowest BCUT2D eigenvalue weighted by molar-refractivity contribution is 0.103. The molecule has 1 heteroatoms. The Labute approximate surface area is 165 Å². The molecular formula is C27H20O. The zero-order chi connectivity index (χ0) is 19.2. The Morgan fingerprint density at radius 1 is 0.464 bits per heavy atom. The third kappa shape index (κ3) is 3.99. The summed E-state index contributed by atoms with van der Waals surface area (Å²) in [6.45, 7) is 0. The smallest absolute Gasteiger partial charge is 0.193 e. The van der Waals surface area contributed by atoms with Crippen LogP contribution in [0.25, 0.3) is 11.6 Å². The third-order valence-electron chi connectivity index (χ3n) is 4.69. The predicted molar refractivity (Wildman–Crippen MR) is 116 cm³/mol. The summed E-state index contributed by atoms with van der Waals surface area (Å²) in [5.41, 5.74) is 5.95. The molecule has 0 amide bonds. The van der Waals surface area contributed by atoms with Gasteiger partial charge in [0, 0.05) is 11.1 Å². The van der Waals surface area contributed by atoms with Crippen molar-refractivity contribution in [2.75, 3.05) is 0 Å². The summed E-state index contributed by atoms with van der Waals surface area (Å²) in [5.74, 6) is 0.0440. The predicted octanol–water partition coefficient (Wildman–Crippen LogP) is 6.51. The van der Waals surface area contributed by atoms with E-state index in [-0.39, 0.29) is 5.78 Å². The molecular weight excluding hydrogens is 340 g/mol. The van der Waals surface area contributed by atoms with Crippen LogP contribution in [0.3, 0.4) is 0 Å². The van der Waals surface area contributed by atoms with Gasteiger partial charge in [-0.05, 0) is 28.3 Å². The molecule has 0 fully saturated rings. The molecule has 0 bridgehead atoms. The highest BCUT2D eigenvalue weighted by Gasteiger charge is 2.09. The molecule has 28 heavy (non-hydrogen) atoms. The quantitative estimate of drug-likeness (QED) is 0.293. The minimum Gasteiger partial charge on any atom is -0.289 e. The van der Waals surface area contributed by atoms with Gasteiger partial charge < -0.3 is 0 Å². The molecule has 0 aliphatic carbocycles. The van der Waals surface area contributed by atoms with Crippen LogP contribution >= 0.6 is 0 Å². The van der Waals surface area contributed by atoms with E-state index in [1.807, 2.05) is 91.0 Å². The van der Waals surface area contributed by atoms with Crippen molar-refractivity contribution in [3.63, 3.8) is 0 Å². The summed E-state index contributed by atoms with van der Waals surface area (Å²) in [5, 5.41) is 0. The van der Waals surface area contributed by atoms with Crippen LogP contribution in [0.15, 0.2) is 115 Å². The van der Waals surface area contributed by atoms with Gasteiger partial charge in [-0.15, -0.1) is 0 Å². The Hall–Kier alpha value is -3.71. The Kier molecular flexibility index (Phi) is 5.26. The topological polar surface area (TPSA) is 17.1 Å². The molecule has 0 N–H and O–H groups in total. The first-order chi connectivity index (χ1) is 13.8. The number of carbonyl (C=O) groups excluding carboxylic acids is 1. The van der Waals surface area contributed by atoms with Gasteiger partial charge in [0.15, 0.2) is 5.78 Å². The molecule has 0 aliphatic heterocycles. The van der Waals surface area contributed by atoms with Crippen molar-refractivity contribution in [2.24, 2.45) is 0 Å². The van der Waals surface area contributed by atoms with Crippen LogP contribution in [0, 0.1) is 0 Å². The summed E-state index contributed by atoms with van der Waals surface area (Å²) in [4.78, 5) is 12.6. The average Bonchev–Trinajstić information content (AvgIpc) is 2.79. The molecule has 0 radical (unpaired) electrons. The van der Waals surface area contributed by atoms with Crippen LogP contribution in [0.1, 0.15) is 32.6 Å². The Morgan fingerprint density at radius 2 is 0.857 bits per heavy atom. The van der Waals surface area contributed by atoms with Crippen molar-refractivity contribution in [2.45, 2.75) is 0 Å². The van der Waals surface area contributed by atoms with Crippen molar-refractivity contribution in [1.29, 1.82) is 0 Å². The van der Waals surface area contributed by atoms with E-state index >= 15 is 0 Å². The summed E-state index contributed by atoms with van der Waals surface area (Å²) in [6.07, 6.45) is 2.17. The lowest BCUT2D eigenvalue weighted by Crippen LogP contribution is -2.00. The number of hydrogen-bond acceptors (Lipinski definition) is 1. The third-order valence-corrected chi connectivity index (χ3v) is 4.69. The molecule has 134 valence electrons. The van der Waals surface area contributed by atoms with E-state index in [2.05, 4.69) is 30.3 Å². The van der Waals surface area contributed by atoms with Crippen LogP contribution in [0.2, 0.25) is 0 Å². The number of benzene rings is 4. The average molecular weight is 360 g/mol. The van der Waals surface area contributed by atoms with E-state index in [1.165, 1.54) is 0 Å². The number of ketones is 1. The summed E-state index contributed by atoms with van der Waals surface area (Å²) in [6, 6.07) is 37.9. The fraction of sp³-hybridized carbons (Fsp3) is 0. The second-order valence-electron chi connectivity index (χ2n) is 6.61. The highest BCUT2D eigenvalue weighted by atomic mass is 16.1. The van der Waals surface area contributed by atoms with Gasteiger partial charge in [-0.1, -0.05) is 115 Å². The fourth-order valence-corrected chi connectivity index (χ4v) is 3.22. The molecule has 0 spiro atoms. The fourth-order valence-electron chi connectivity index (χ4n) is 3.22. The minimum absolute atomic E-state index is 0.0440. The SMILES string of the molecule is O=C(c1ccccc1)c1ccc(C=C(c2ccccc2)c2ccccc2)cc1. The van der Waals surface area contributed by atoms with Gasteiger partial charge in [-0.2, -0.15) is 0 Å². The lowest BCUT2D eigenvalue weighted by atomic mass is 9.95. The summed E-state index contributed by atoms with van der Waals surface area (Å²) in [7, 11) is 0. The van der Waals surface area contributed by atoms with Crippen LogP contribution in [-0.4, -0.2) is 5.78 Å². The molecule has 4 aromatic carbocycles. The van der Waals surface area contributed by atoms with Crippen LogP contribution in [-0.2, 0) is 0 Å². The van der Waals surface area contributed by atoms with Crippen LogP contribution < -0.4 is 0 Å². The monoisotopic (exact) mass is 360 g/mol. The molecule has 0 aromatic heterocycles. The molecule has 0 aliphatic rings. The normalized spacial score (nSPS) is 10.3. The zero-order valence-corrected chi connectivity index (χ0v) is 15.5. The second-order valence-corrected chi connectivity index (χ2v) is 6.61. The molecule has 1 nitrogen and oxygen atoms in total. The Morgan fingerprint density at radius 3 is 1.32 bits per heavy atom. The first kappa shape index (κ1) is 17.7. The second kappa shape index (κ2) is 8.32. The van der Waals surface area contributed by atoms with Crippen LogP contribution in [0.4, 0.5) is 0 Å². The van der Waals surface area contributed by atoms with Gasteiger partial charge in [0.05, 0.1) is 0 Å². The lowest BCUT2D eigenvalue weighted by Gasteiger charge is -2.09. The molecule has 0 heterocycles. The van der Waals surface area contributed by atoms with Crippen molar-refractivity contribution in [1.82, 2.24) is 0 Å². The van der Waals surface area contributed by atoms with Gasteiger partial charge in [-0.25, -0.2) is 0 Å². The van der Waals surface area contributed by atoms with E-state index in [0.717, 1.165) is 22.3 Å².